The molecule has 0 saturated heterocycles. The molecule has 1 heterocycles. The SMILES string of the molecule is CC(=O)Nc1cccc(Nc2nc(NCc3ccc(F)cc3)c3ccccc3n2)c1. The number of halogens is 1. The number of carbonyl (C=O) groups excluding carboxylic acids is 1. The fourth-order valence-electron chi connectivity index (χ4n) is 3.06. The summed E-state index contributed by atoms with van der Waals surface area (Å²) in [5, 5.41) is 10.2. The van der Waals surface area contributed by atoms with E-state index in [-0.39, 0.29) is 11.7 Å². The Morgan fingerprint density at radius 2 is 1.70 bits per heavy atom. The molecule has 4 rings (SSSR count). The van der Waals surface area contributed by atoms with Gasteiger partial charge in [-0.3, -0.25) is 4.79 Å². The molecule has 1 aromatic heterocycles. The number of aromatic nitrogens is 2. The molecule has 0 bridgehead atoms. The number of nitrogens with one attached hydrogen (secondary N) is 3. The van der Waals surface area contributed by atoms with Gasteiger partial charge < -0.3 is 16.0 Å². The third kappa shape index (κ3) is 4.70. The topological polar surface area (TPSA) is 78.9 Å². The summed E-state index contributed by atoms with van der Waals surface area (Å²) in [6.45, 7) is 1.96. The van der Waals surface area contributed by atoms with E-state index in [2.05, 4.69) is 25.9 Å². The number of amides is 1. The van der Waals surface area contributed by atoms with Gasteiger partial charge in [0.25, 0.3) is 0 Å². The van der Waals surface area contributed by atoms with Crippen molar-refractivity contribution in [3.05, 3.63) is 84.2 Å². The van der Waals surface area contributed by atoms with Crippen LogP contribution in [0.15, 0.2) is 72.8 Å². The predicted octanol–water partition coefficient (Wildman–Crippen LogP) is 5.08. The average molecular weight is 401 g/mol. The zero-order chi connectivity index (χ0) is 20.9. The molecule has 3 aromatic carbocycles. The second-order valence-corrected chi connectivity index (χ2v) is 6.78. The zero-order valence-electron chi connectivity index (χ0n) is 16.3. The smallest absolute Gasteiger partial charge is 0.229 e. The molecular weight excluding hydrogens is 381 g/mol. The van der Waals surface area contributed by atoms with Crippen LogP contribution < -0.4 is 16.0 Å². The standard InChI is InChI=1S/C23H20FN5O/c1-15(30)26-18-5-4-6-19(13-18)27-23-28-21-8-3-2-7-20(21)22(29-23)25-14-16-9-11-17(24)12-10-16/h2-13H,14H2,1H3,(H,26,30)(H2,25,27,28,29). The van der Waals surface area contributed by atoms with E-state index in [1.54, 1.807) is 12.1 Å². The van der Waals surface area contributed by atoms with Gasteiger partial charge in [-0.25, -0.2) is 9.37 Å². The van der Waals surface area contributed by atoms with Gasteiger partial charge in [0.15, 0.2) is 0 Å². The second-order valence-electron chi connectivity index (χ2n) is 6.78. The second kappa shape index (κ2) is 8.57. The summed E-state index contributed by atoms with van der Waals surface area (Å²) >= 11 is 0. The normalized spacial score (nSPS) is 10.6. The molecule has 0 aliphatic carbocycles. The van der Waals surface area contributed by atoms with Crippen LogP contribution in [0.2, 0.25) is 0 Å². The van der Waals surface area contributed by atoms with E-state index in [4.69, 9.17) is 0 Å². The maximum Gasteiger partial charge on any atom is 0.229 e. The molecule has 30 heavy (non-hydrogen) atoms. The Hall–Kier alpha value is -4.00. The molecule has 0 fully saturated rings. The highest BCUT2D eigenvalue weighted by Crippen LogP contribution is 2.25. The molecule has 6 nitrogen and oxygen atoms in total. The summed E-state index contributed by atoms with van der Waals surface area (Å²) in [6.07, 6.45) is 0. The molecule has 7 heteroatoms. The Bertz CT molecular complexity index is 1190. The molecular formula is C23H20FN5O. The van der Waals surface area contributed by atoms with Gasteiger partial charge in [-0.05, 0) is 48.0 Å². The Kier molecular flexibility index (Phi) is 5.52. The van der Waals surface area contributed by atoms with Crippen LogP contribution in [-0.4, -0.2) is 15.9 Å². The quantitative estimate of drug-likeness (QED) is 0.420. The largest absolute Gasteiger partial charge is 0.365 e. The summed E-state index contributed by atoms with van der Waals surface area (Å²) in [6, 6.07) is 21.4. The first-order valence-corrected chi connectivity index (χ1v) is 9.46. The minimum absolute atomic E-state index is 0.138. The zero-order valence-corrected chi connectivity index (χ0v) is 16.3. The number of fused-ring (bicyclic) bond motifs is 1. The lowest BCUT2D eigenvalue weighted by molar-refractivity contribution is -0.114. The van der Waals surface area contributed by atoms with E-state index in [9.17, 15) is 9.18 Å². The first kappa shape index (κ1) is 19.3. The Morgan fingerprint density at radius 1 is 0.933 bits per heavy atom. The van der Waals surface area contributed by atoms with Crippen LogP contribution in [0.25, 0.3) is 10.9 Å². The van der Waals surface area contributed by atoms with E-state index >= 15 is 0 Å². The van der Waals surface area contributed by atoms with Gasteiger partial charge >= 0.3 is 0 Å². The van der Waals surface area contributed by atoms with Crippen molar-refractivity contribution in [1.82, 2.24) is 9.97 Å². The summed E-state index contributed by atoms with van der Waals surface area (Å²) in [7, 11) is 0. The maximum absolute atomic E-state index is 13.1. The highest BCUT2D eigenvalue weighted by Gasteiger charge is 2.08. The van der Waals surface area contributed by atoms with E-state index in [1.165, 1.54) is 19.1 Å². The van der Waals surface area contributed by atoms with Gasteiger partial charge in [-0.15, -0.1) is 0 Å². The lowest BCUT2D eigenvalue weighted by Gasteiger charge is -2.12. The van der Waals surface area contributed by atoms with Crippen molar-refractivity contribution in [2.24, 2.45) is 0 Å². The Morgan fingerprint density at radius 3 is 2.50 bits per heavy atom. The molecule has 0 saturated carbocycles. The molecule has 0 unspecified atom stereocenters. The van der Waals surface area contributed by atoms with Crippen molar-refractivity contribution >= 4 is 40.0 Å². The van der Waals surface area contributed by atoms with Crippen LogP contribution in [0, 0.1) is 5.82 Å². The molecule has 150 valence electrons. The minimum atomic E-state index is -0.265. The number of anilines is 4. The van der Waals surface area contributed by atoms with Gasteiger partial charge in [0.2, 0.25) is 11.9 Å². The first-order valence-electron chi connectivity index (χ1n) is 9.46. The van der Waals surface area contributed by atoms with Gasteiger partial charge in [0.1, 0.15) is 11.6 Å². The van der Waals surface area contributed by atoms with Crippen LogP contribution in [0.1, 0.15) is 12.5 Å². The van der Waals surface area contributed by atoms with Crippen molar-refractivity contribution in [2.75, 3.05) is 16.0 Å². The number of rotatable bonds is 6. The maximum atomic E-state index is 13.1. The molecule has 0 radical (unpaired) electrons. The van der Waals surface area contributed by atoms with E-state index in [1.807, 2.05) is 48.5 Å². The van der Waals surface area contributed by atoms with Crippen LogP contribution in [0.5, 0.6) is 0 Å². The van der Waals surface area contributed by atoms with Crippen molar-refractivity contribution in [3.8, 4) is 0 Å². The fraction of sp³-hybridized carbons (Fsp3) is 0.0870. The number of hydrogen-bond acceptors (Lipinski definition) is 5. The molecule has 1 amide bonds. The highest BCUT2D eigenvalue weighted by atomic mass is 19.1. The van der Waals surface area contributed by atoms with Gasteiger partial charge in [-0.2, -0.15) is 4.98 Å². The number of hydrogen-bond donors (Lipinski definition) is 3. The predicted molar refractivity (Wildman–Crippen MR) is 117 cm³/mol. The van der Waals surface area contributed by atoms with Crippen LogP contribution >= 0.6 is 0 Å². The fourth-order valence-corrected chi connectivity index (χ4v) is 3.06. The van der Waals surface area contributed by atoms with Gasteiger partial charge in [0, 0.05) is 30.2 Å². The van der Waals surface area contributed by atoms with E-state index in [0.717, 1.165) is 22.2 Å². The van der Waals surface area contributed by atoms with Crippen molar-refractivity contribution in [3.63, 3.8) is 0 Å². The van der Waals surface area contributed by atoms with Gasteiger partial charge in [-0.1, -0.05) is 30.3 Å². The molecule has 0 atom stereocenters. The number of carbonyl (C=O) groups is 1. The summed E-state index contributed by atoms with van der Waals surface area (Å²) in [4.78, 5) is 20.5. The molecule has 0 spiro atoms. The molecule has 3 N–H and O–H groups in total. The average Bonchev–Trinajstić information content (AvgIpc) is 2.73. The number of para-hydroxylation sites is 1. The minimum Gasteiger partial charge on any atom is -0.365 e. The lowest BCUT2D eigenvalue weighted by atomic mass is 10.2. The molecule has 0 aliphatic rings. The summed E-state index contributed by atoms with van der Waals surface area (Å²) in [5.74, 6) is 0.696. The Labute approximate surface area is 173 Å². The lowest BCUT2D eigenvalue weighted by Crippen LogP contribution is -2.07. The van der Waals surface area contributed by atoms with Crippen molar-refractivity contribution in [1.29, 1.82) is 0 Å². The van der Waals surface area contributed by atoms with E-state index in [0.29, 0.717) is 24.0 Å². The Balaban J connectivity index is 1.61. The third-order valence-electron chi connectivity index (χ3n) is 4.42. The van der Waals surface area contributed by atoms with Crippen molar-refractivity contribution < 1.29 is 9.18 Å². The first-order chi connectivity index (χ1) is 14.6. The molecule has 4 aromatic rings. The van der Waals surface area contributed by atoms with Crippen LogP contribution in [0.3, 0.4) is 0 Å². The summed E-state index contributed by atoms with van der Waals surface area (Å²) < 4.78 is 13.1. The highest BCUT2D eigenvalue weighted by molar-refractivity contribution is 5.91. The van der Waals surface area contributed by atoms with E-state index < -0.39 is 0 Å². The number of nitrogens with zero attached hydrogens (tertiary/aromatic N) is 2. The summed E-state index contributed by atoms with van der Waals surface area (Å²) in [5.41, 5.74) is 3.16. The molecule has 0 aliphatic heterocycles. The van der Waals surface area contributed by atoms with Crippen LogP contribution in [0.4, 0.5) is 27.5 Å². The monoisotopic (exact) mass is 401 g/mol. The van der Waals surface area contributed by atoms with Crippen molar-refractivity contribution in [2.45, 2.75) is 13.5 Å². The van der Waals surface area contributed by atoms with Crippen LogP contribution in [-0.2, 0) is 11.3 Å². The third-order valence-corrected chi connectivity index (χ3v) is 4.42. The van der Waals surface area contributed by atoms with Gasteiger partial charge in [0.05, 0.1) is 5.52 Å². The number of benzene rings is 3.